The third-order valence-corrected chi connectivity index (χ3v) is 2.36. The van der Waals surface area contributed by atoms with Crippen LogP contribution in [0.4, 0.5) is 11.5 Å². The summed E-state index contributed by atoms with van der Waals surface area (Å²) in [6.45, 7) is 4.21. The third kappa shape index (κ3) is 3.12. The minimum atomic E-state index is -0.565. The van der Waals surface area contributed by atoms with Gasteiger partial charge in [-0.15, -0.1) is 0 Å². The maximum absolute atomic E-state index is 11.6. The van der Waals surface area contributed by atoms with Crippen LogP contribution in [-0.2, 0) is 11.3 Å². The van der Waals surface area contributed by atoms with Crippen LogP contribution < -0.4 is 27.6 Å². The molecule has 0 radical (unpaired) electrons. The molecule has 0 aliphatic heterocycles. The van der Waals surface area contributed by atoms with E-state index in [4.69, 9.17) is 5.73 Å². The first-order valence-electron chi connectivity index (χ1n) is 5.58. The standard InChI is InChI=1S/C10H17N5O3/c1-3-15-8(11)7(9(17)14-10(15)18)13-5-4-12-6(2)16/h13H,3-5,11H2,1-2H3,(H,12,16)(H,14,17,18). The van der Waals surface area contributed by atoms with Gasteiger partial charge in [-0.05, 0) is 6.92 Å². The van der Waals surface area contributed by atoms with Gasteiger partial charge in [0.25, 0.3) is 5.56 Å². The van der Waals surface area contributed by atoms with E-state index in [-0.39, 0.29) is 17.4 Å². The summed E-state index contributed by atoms with van der Waals surface area (Å²) in [7, 11) is 0. The minimum Gasteiger partial charge on any atom is -0.383 e. The summed E-state index contributed by atoms with van der Waals surface area (Å²) in [5, 5.41) is 5.37. The van der Waals surface area contributed by atoms with E-state index in [1.54, 1.807) is 6.92 Å². The Morgan fingerprint density at radius 3 is 2.61 bits per heavy atom. The van der Waals surface area contributed by atoms with E-state index in [1.807, 2.05) is 0 Å². The molecule has 8 nitrogen and oxygen atoms in total. The summed E-state index contributed by atoms with van der Waals surface area (Å²) in [4.78, 5) is 35.8. The van der Waals surface area contributed by atoms with Gasteiger partial charge in [-0.3, -0.25) is 19.1 Å². The number of hydrogen-bond acceptors (Lipinski definition) is 5. The second-order valence-electron chi connectivity index (χ2n) is 3.67. The molecule has 8 heteroatoms. The summed E-state index contributed by atoms with van der Waals surface area (Å²) in [6, 6.07) is 0. The first-order chi connectivity index (χ1) is 8.47. The van der Waals surface area contributed by atoms with Crippen LogP contribution in [0.25, 0.3) is 0 Å². The zero-order valence-electron chi connectivity index (χ0n) is 10.4. The van der Waals surface area contributed by atoms with Gasteiger partial charge in [-0.25, -0.2) is 4.79 Å². The molecule has 18 heavy (non-hydrogen) atoms. The predicted molar refractivity (Wildman–Crippen MR) is 68.6 cm³/mol. The molecule has 0 fully saturated rings. The highest BCUT2D eigenvalue weighted by Gasteiger charge is 2.10. The summed E-state index contributed by atoms with van der Waals surface area (Å²) in [5.41, 5.74) is 4.77. The number of carbonyl (C=O) groups is 1. The maximum Gasteiger partial charge on any atom is 0.330 e. The lowest BCUT2D eigenvalue weighted by Gasteiger charge is -2.12. The Labute approximate surface area is 103 Å². The van der Waals surface area contributed by atoms with Crippen LogP contribution in [-0.4, -0.2) is 28.5 Å². The van der Waals surface area contributed by atoms with Crippen LogP contribution >= 0.6 is 0 Å². The average Bonchev–Trinajstić information content (AvgIpc) is 2.27. The molecule has 0 aliphatic rings. The SMILES string of the molecule is CCn1c(N)c(NCCNC(C)=O)c(=O)[nH]c1=O. The number of nitrogens with two attached hydrogens (primary N) is 1. The van der Waals surface area contributed by atoms with E-state index in [9.17, 15) is 14.4 Å². The number of H-pyrrole nitrogens is 1. The fourth-order valence-corrected chi connectivity index (χ4v) is 1.50. The second-order valence-corrected chi connectivity index (χ2v) is 3.67. The number of hydrogen-bond donors (Lipinski definition) is 4. The summed E-state index contributed by atoms with van der Waals surface area (Å²) in [6.07, 6.45) is 0. The fourth-order valence-electron chi connectivity index (χ4n) is 1.50. The fraction of sp³-hybridized carbons (Fsp3) is 0.500. The van der Waals surface area contributed by atoms with Crippen molar-refractivity contribution in [2.24, 2.45) is 0 Å². The van der Waals surface area contributed by atoms with E-state index in [1.165, 1.54) is 11.5 Å². The average molecular weight is 255 g/mol. The van der Waals surface area contributed by atoms with Crippen molar-refractivity contribution in [1.29, 1.82) is 0 Å². The number of anilines is 2. The Balaban J connectivity index is 2.86. The number of nitrogens with one attached hydrogen (secondary N) is 3. The van der Waals surface area contributed by atoms with Gasteiger partial charge < -0.3 is 16.4 Å². The predicted octanol–water partition coefficient (Wildman–Crippen LogP) is -1.31. The van der Waals surface area contributed by atoms with Gasteiger partial charge >= 0.3 is 5.69 Å². The van der Waals surface area contributed by atoms with Gasteiger partial charge in [0.05, 0.1) is 0 Å². The lowest BCUT2D eigenvalue weighted by Crippen LogP contribution is -2.35. The topological polar surface area (TPSA) is 122 Å². The normalized spacial score (nSPS) is 10.1. The van der Waals surface area contributed by atoms with E-state index in [0.717, 1.165) is 0 Å². The Morgan fingerprint density at radius 1 is 1.39 bits per heavy atom. The molecule has 0 unspecified atom stereocenters. The number of aromatic nitrogens is 2. The molecule has 100 valence electrons. The number of amides is 1. The molecule has 1 rings (SSSR count). The van der Waals surface area contributed by atoms with Crippen LogP contribution in [0.15, 0.2) is 9.59 Å². The highest BCUT2D eigenvalue weighted by molar-refractivity contribution is 5.72. The van der Waals surface area contributed by atoms with Crippen molar-refractivity contribution < 1.29 is 4.79 Å². The molecular weight excluding hydrogens is 238 g/mol. The lowest BCUT2D eigenvalue weighted by molar-refractivity contribution is -0.118. The first kappa shape index (κ1) is 13.8. The molecule has 0 aromatic carbocycles. The molecule has 0 atom stereocenters. The molecule has 0 spiro atoms. The molecule has 0 aliphatic carbocycles. The van der Waals surface area contributed by atoms with Crippen LogP contribution in [0.1, 0.15) is 13.8 Å². The van der Waals surface area contributed by atoms with Crippen molar-refractivity contribution in [2.45, 2.75) is 20.4 Å². The zero-order valence-corrected chi connectivity index (χ0v) is 10.4. The summed E-state index contributed by atoms with van der Waals surface area (Å²) in [5.74, 6) is -0.0636. The molecule has 1 amide bonds. The Morgan fingerprint density at radius 2 is 2.06 bits per heavy atom. The molecular formula is C10H17N5O3. The number of nitrogen functional groups attached to an aromatic ring is 1. The van der Waals surface area contributed by atoms with Crippen molar-refractivity contribution >= 4 is 17.4 Å². The van der Waals surface area contributed by atoms with Crippen LogP contribution in [0, 0.1) is 0 Å². The van der Waals surface area contributed by atoms with Gasteiger partial charge in [-0.1, -0.05) is 0 Å². The maximum atomic E-state index is 11.6. The Hall–Kier alpha value is -2.25. The van der Waals surface area contributed by atoms with E-state index < -0.39 is 11.2 Å². The zero-order chi connectivity index (χ0) is 13.7. The molecule has 0 saturated carbocycles. The first-order valence-corrected chi connectivity index (χ1v) is 5.58. The number of rotatable bonds is 5. The minimum absolute atomic E-state index is 0.0917. The Bertz CT molecular complexity index is 545. The smallest absolute Gasteiger partial charge is 0.330 e. The van der Waals surface area contributed by atoms with Crippen molar-refractivity contribution in [3.63, 3.8) is 0 Å². The van der Waals surface area contributed by atoms with Crippen molar-refractivity contribution in [2.75, 3.05) is 24.1 Å². The largest absolute Gasteiger partial charge is 0.383 e. The van der Waals surface area contributed by atoms with Crippen molar-refractivity contribution in [3.8, 4) is 0 Å². The number of nitrogens with zero attached hydrogens (tertiary/aromatic N) is 1. The van der Waals surface area contributed by atoms with Crippen LogP contribution in [0.3, 0.4) is 0 Å². The molecule has 1 aromatic rings. The van der Waals surface area contributed by atoms with Gasteiger partial charge in [0, 0.05) is 26.6 Å². The van der Waals surface area contributed by atoms with Gasteiger partial charge in [0.2, 0.25) is 5.91 Å². The monoisotopic (exact) mass is 255 g/mol. The number of aromatic amines is 1. The van der Waals surface area contributed by atoms with Crippen LogP contribution in [0.2, 0.25) is 0 Å². The lowest BCUT2D eigenvalue weighted by atomic mass is 10.4. The molecule has 5 N–H and O–H groups in total. The second kappa shape index (κ2) is 5.89. The van der Waals surface area contributed by atoms with E-state index >= 15 is 0 Å². The molecule has 0 saturated heterocycles. The molecule has 1 heterocycles. The van der Waals surface area contributed by atoms with Crippen molar-refractivity contribution in [1.82, 2.24) is 14.9 Å². The van der Waals surface area contributed by atoms with Gasteiger partial charge in [0.15, 0.2) is 0 Å². The van der Waals surface area contributed by atoms with E-state index in [2.05, 4.69) is 15.6 Å². The Kier molecular flexibility index (Phi) is 4.52. The quantitative estimate of drug-likeness (QED) is 0.486. The van der Waals surface area contributed by atoms with E-state index in [0.29, 0.717) is 19.6 Å². The molecule has 0 bridgehead atoms. The summed E-state index contributed by atoms with van der Waals surface area (Å²) < 4.78 is 1.25. The number of carbonyl (C=O) groups excluding carboxylic acids is 1. The highest BCUT2D eigenvalue weighted by Crippen LogP contribution is 2.08. The van der Waals surface area contributed by atoms with Gasteiger partial charge in [0.1, 0.15) is 11.5 Å². The van der Waals surface area contributed by atoms with Gasteiger partial charge in [-0.2, -0.15) is 0 Å². The van der Waals surface area contributed by atoms with Crippen LogP contribution in [0.5, 0.6) is 0 Å². The summed E-state index contributed by atoms with van der Waals surface area (Å²) >= 11 is 0. The highest BCUT2D eigenvalue weighted by atomic mass is 16.2. The molecule has 1 aromatic heterocycles. The van der Waals surface area contributed by atoms with Crippen molar-refractivity contribution in [3.05, 3.63) is 20.8 Å². The third-order valence-electron chi connectivity index (χ3n) is 2.36.